The van der Waals surface area contributed by atoms with Gasteiger partial charge in [-0.25, -0.2) is 4.57 Å². The fraction of sp³-hybridized carbons (Fsp3) is 1.00. The summed E-state index contributed by atoms with van der Waals surface area (Å²) < 4.78 is 14.4. The van der Waals surface area contributed by atoms with Crippen molar-refractivity contribution in [2.45, 2.75) is 19.9 Å². The quantitative estimate of drug-likeness (QED) is 0.536. The molecule has 0 aliphatic rings. The van der Waals surface area contributed by atoms with Gasteiger partial charge in [-0.3, -0.25) is 4.52 Å². The topological polar surface area (TPSA) is 92.8 Å². The number of phosphoric ester groups is 1. The lowest BCUT2D eigenvalue weighted by atomic mass is 10.1. The van der Waals surface area contributed by atoms with E-state index in [0.717, 1.165) is 0 Å². The van der Waals surface area contributed by atoms with Crippen molar-refractivity contribution in [3.8, 4) is 0 Å². The first kappa shape index (κ1) is 11.1. The van der Waals surface area contributed by atoms with Crippen molar-refractivity contribution in [1.29, 1.82) is 0 Å². The zero-order valence-corrected chi connectivity index (χ0v) is 7.49. The van der Waals surface area contributed by atoms with E-state index >= 15 is 0 Å². The smallest absolute Gasteiger partial charge is 0.325 e. The predicted molar refractivity (Wildman–Crippen MR) is 40.8 cm³/mol. The first-order chi connectivity index (χ1) is 4.83. The van der Waals surface area contributed by atoms with E-state index in [1.807, 2.05) is 13.8 Å². The number of nitrogens with two attached hydrogens (primary N) is 1. The van der Waals surface area contributed by atoms with Gasteiger partial charge in [-0.15, -0.1) is 0 Å². The molecule has 0 aliphatic heterocycles. The van der Waals surface area contributed by atoms with E-state index in [1.54, 1.807) is 0 Å². The van der Waals surface area contributed by atoms with Crippen LogP contribution in [0.15, 0.2) is 0 Å². The monoisotopic (exact) mass is 183 g/mol. The second-order valence-corrected chi connectivity index (χ2v) is 3.93. The average Bonchev–Trinajstić information content (AvgIpc) is 1.80. The highest BCUT2D eigenvalue weighted by Crippen LogP contribution is 2.35. The van der Waals surface area contributed by atoms with Crippen molar-refractivity contribution in [2.24, 2.45) is 11.7 Å². The molecule has 0 aromatic carbocycles. The fourth-order valence-corrected chi connectivity index (χ4v) is 0.742. The van der Waals surface area contributed by atoms with Gasteiger partial charge in [0.05, 0.1) is 6.61 Å². The molecular weight excluding hydrogens is 169 g/mol. The van der Waals surface area contributed by atoms with Crippen LogP contribution in [0.1, 0.15) is 13.8 Å². The maximum Gasteiger partial charge on any atom is 0.469 e. The summed E-state index contributed by atoms with van der Waals surface area (Å²) in [6.45, 7) is 3.60. The Morgan fingerprint density at radius 1 is 1.55 bits per heavy atom. The van der Waals surface area contributed by atoms with Crippen LogP contribution in [0, 0.1) is 5.92 Å². The number of hydrogen-bond donors (Lipinski definition) is 3. The Bertz CT molecular complexity index is 155. The lowest BCUT2D eigenvalue weighted by Crippen LogP contribution is -2.31. The van der Waals surface area contributed by atoms with Crippen LogP contribution < -0.4 is 5.73 Å². The molecule has 0 heterocycles. The summed E-state index contributed by atoms with van der Waals surface area (Å²) >= 11 is 0. The van der Waals surface area contributed by atoms with Crippen molar-refractivity contribution in [2.75, 3.05) is 6.61 Å². The van der Waals surface area contributed by atoms with Crippen LogP contribution in [0.5, 0.6) is 0 Å². The van der Waals surface area contributed by atoms with Crippen molar-refractivity contribution in [3.05, 3.63) is 0 Å². The second-order valence-electron chi connectivity index (χ2n) is 2.69. The molecule has 0 radical (unpaired) electrons. The average molecular weight is 183 g/mol. The first-order valence-electron chi connectivity index (χ1n) is 3.28. The highest BCUT2D eigenvalue weighted by molar-refractivity contribution is 7.46. The molecule has 0 bridgehead atoms. The van der Waals surface area contributed by atoms with Gasteiger partial charge in [0.2, 0.25) is 0 Å². The Morgan fingerprint density at radius 3 is 2.27 bits per heavy atom. The van der Waals surface area contributed by atoms with Crippen LogP contribution in [0.25, 0.3) is 0 Å². The summed E-state index contributed by atoms with van der Waals surface area (Å²) in [5.41, 5.74) is 5.46. The third-order valence-electron chi connectivity index (χ3n) is 1.29. The lowest BCUT2D eigenvalue weighted by Gasteiger charge is -2.15. The molecule has 0 spiro atoms. The van der Waals surface area contributed by atoms with Crippen LogP contribution in [0.4, 0.5) is 0 Å². The molecular formula is C5H14NO4P. The van der Waals surface area contributed by atoms with Crippen LogP contribution in [0.3, 0.4) is 0 Å². The summed E-state index contributed by atoms with van der Waals surface area (Å²) in [7, 11) is -4.34. The maximum absolute atomic E-state index is 10.2. The van der Waals surface area contributed by atoms with Crippen LogP contribution in [0.2, 0.25) is 0 Å². The molecule has 68 valence electrons. The highest BCUT2D eigenvalue weighted by Gasteiger charge is 2.17. The number of rotatable bonds is 4. The van der Waals surface area contributed by atoms with E-state index in [9.17, 15) is 4.57 Å². The van der Waals surface area contributed by atoms with E-state index in [0.29, 0.717) is 0 Å². The van der Waals surface area contributed by atoms with Gasteiger partial charge in [0.15, 0.2) is 0 Å². The molecule has 0 fully saturated rings. The molecule has 1 unspecified atom stereocenters. The van der Waals surface area contributed by atoms with Crippen molar-refractivity contribution < 1.29 is 18.9 Å². The molecule has 4 N–H and O–H groups in total. The Kier molecular flexibility index (Phi) is 4.21. The van der Waals surface area contributed by atoms with E-state index in [2.05, 4.69) is 4.52 Å². The molecule has 0 saturated carbocycles. The van der Waals surface area contributed by atoms with Gasteiger partial charge >= 0.3 is 7.82 Å². The summed E-state index contributed by atoms with van der Waals surface area (Å²) in [6.07, 6.45) is 0. The summed E-state index contributed by atoms with van der Waals surface area (Å²) in [4.78, 5) is 16.6. The van der Waals surface area contributed by atoms with Gasteiger partial charge in [-0.05, 0) is 5.92 Å². The Hall–Kier alpha value is 0.0700. The van der Waals surface area contributed by atoms with Gasteiger partial charge in [0.25, 0.3) is 0 Å². The van der Waals surface area contributed by atoms with E-state index < -0.39 is 7.82 Å². The Morgan fingerprint density at radius 2 is 2.00 bits per heavy atom. The molecule has 0 aliphatic carbocycles. The van der Waals surface area contributed by atoms with Gasteiger partial charge < -0.3 is 15.5 Å². The van der Waals surface area contributed by atoms with E-state index in [1.165, 1.54) is 0 Å². The molecule has 0 aromatic rings. The van der Waals surface area contributed by atoms with Gasteiger partial charge in [0.1, 0.15) is 0 Å². The molecule has 0 aromatic heterocycles. The molecule has 1 atom stereocenters. The predicted octanol–water partition coefficient (Wildman–Crippen LogP) is 0.0790. The van der Waals surface area contributed by atoms with Crippen LogP contribution >= 0.6 is 7.82 Å². The highest BCUT2D eigenvalue weighted by atomic mass is 31.2. The summed E-state index contributed by atoms with van der Waals surface area (Å²) in [5.74, 6) is 0.154. The minimum atomic E-state index is -4.34. The van der Waals surface area contributed by atoms with Gasteiger partial charge in [-0.1, -0.05) is 13.8 Å². The number of phosphoric acid groups is 1. The molecule has 0 amide bonds. The van der Waals surface area contributed by atoms with Crippen molar-refractivity contribution in [1.82, 2.24) is 0 Å². The molecule has 0 saturated heterocycles. The minimum absolute atomic E-state index is 0.109. The fourth-order valence-electron chi connectivity index (χ4n) is 0.376. The third-order valence-corrected chi connectivity index (χ3v) is 1.78. The summed E-state index contributed by atoms with van der Waals surface area (Å²) in [5, 5.41) is 0. The van der Waals surface area contributed by atoms with Crippen LogP contribution in [-0.4, -0.2) is 22.4 Å². The zero-order valence-electron chi connectivity index (χ0n) is 6.60. The lowest BCUT2D eigenvalue weighted by molar-refractivity contribution is 0.175. The first-order valence-corrected chi connectivity index (χ1v) is 4.81. The standard InChI is InChI=1S/C5H14NO4P/c1-4(2)5(6)3-10-11(7,8)9/h4-5H,3,6H2,1-2H3,(H2,7,8,9). The van der Waals surface area contributed by atoms with Gasteiger partial charge in [-0.2, -0.15) is 0 Å². The van der Waals surface area contributed by atoms with E-state index in [-0.39, 0.29) is 18.6 Å². The van der Waals surface area contributed by atoms with Crippen molar-refractivity contribution in [3.63, 3.8) is 0 Å². The minimum Gasteiger partial charge on any atom is -0.325 e. The third kappa shape index (κ3) is 6.47. The Balaban J connectivity index is 3.63. The SMILES string of the molecule is CC(C)C(N)COP(=O)(O)O. The largest absolute Gasteiger partial charge is 0.469 e. The van der Waals surface area contributed by atoms with Crippen LogP contribution in [-0.2, 0) is 9.09 Å². The van der Waals surface area contributed by atoms with Gasteiger partial charge in [0, 0.05) is 6.04 Å². The molecule has 6 heteroatoms. The maximum atomic E-state index is 10.2. The van der Waals surface area contributed by atoms with Crippen molar-refractivity contribution >= 4 is 7.82 Å². The second kappa shape index (κ2) is 4.18. The molecule has 0 rings (SSSR count). The summed E-state index contributed by atoms with van der Waals surface area (Å²) in [6, 6.07) is -0.331. The zero-order chi connectivity index (χ0) is 9.07. The normalized spacial score (nSPS) is 15.5. The van der Waals surface area contributed by atoms with E-state index in [4.69, 9.17) is 15.5 Å². The Labute approximate surface area is 65.8 Å². The molecule has 11 heavy (non-hydrogen) atoms. The molecule has 5 nitrogen and oxygen atoms in total. The number of hydrogen-bond acceptors (Lipinski definition) is 3.